The molecular formula is C13H21F3N2O. The molecule has 1 saturated heterocycles. The Bertz CT molecular complexity index is 337. The van der Waals surface area contributed by atoms with E-state index in [0.717, 1.165) is 25.7 Å². The molecule has 110 valence electrons. The van der Waals surface area contributed by atoms with Crippen LogP contribution in [0.3, 0.4) is 0 Å². The summed E-state index contributed by atoms with van der Waals surface area (Å²) >= 11 is 0. The largest absolute Gasteiger partial charge is 0.404 e. The van der Waals surface area contributed by atoms with Crippen LogP contribution in [0.4, 0.5) is 13.2 Å². The molecule has 1 amide bonds. The van der Waals surface area contributed by atoms with Crippen LogP contribution in [0.25, 0.3) is 0 Å². The summed E-state index contributed by atoms with van der Waals surface area (Å²) in [5.41, 5.74) is -2.23. The van der Waals surface area contributed by atoms with Gasteiger partial charge in [-0.2, -0.15) is 13.2 Å². The van der Waals surface area contributed by atoms with Crippen LogP contribution in [0.2, 0.25) is 0 Å². The first-order valence-corrected chi connectivity index (χ1v) is 6.93. The topological polar surface area (TPSA) is 41.1 Å². The van der Waals surface area contributed by atoms with Crippen LogP contribution in [0.1, 0.15) is 39.0 Å². The molecule has 3 unspecified atom stereocenters. The predicted octanol–water partition coefficient (Wildman–Crippen LogP) is 2.22. The number of alkyl halides is 3. The molecule has 3 nitrogen and oxygen atoms in total. The molecule has 0 spiro atoms. The minimum Gasteiger partial charge on any atom is -0.353 e. The fourth-order valence-electron chi connectivity index (χ4n) is 3.15. The zero-order chi connectivity index (χ0) is 14.1. The summed E-state index contributed by atoms with van der Waals surface area (Å²) in [6.07, 6.45) is -1.00. The van der Waals surface area contributed by atoms with Gasteiger partial charge in [-0.1, -0.05) is 19.8 Å². The van der Waals surface area contributed by atoms with Gasteiger partial charge in [-0.3, -0.25) is 4.79 Å². The van der Waals surface area contributed by atoms with Crippen molar-refractivity contribution in [3.8, 4) is 0 Å². The average Bonchev–Trinajstić information content (AvgIpc) is 2.78. The van der Waals surface area contributed by atoms with Gasteiger partial charge in [-0.15, -0.1) is 0 Å². The molecule has 0 aromatic carbocycles. The average molecular weight is 278 g/mol. The Morgan fingerprint density at radius 1 is 1.37 bits per heavy atom. The summed E-state index contributed by atoms with van der Waals surface area (Å²) < 4.78 is 39.6. The normalized spacial score (nSPS) is 36.2. The minimum atomic E-state index is -4.49. The zero-order valence-corrected chi connectivity index (χ0v) is 11.1. The molecular weight excluding hydrogens is 257 g/mol. The number of rotatable bonds is 2. The molecule has 1 aliphatic heterocycles. The number of hydrogen-bond acceptors (Lipinski definition) is 2. The lowest BCUT2D eigenvalue weighted by molar-refractivity contribution is -0.216. The van der Waals surface area contributed by atoms with Gasteiger partial charge in [0.15, 0.2) is 5.41 Å². The van der Waals surface area contributed by atoms with Crippen molar-refractivity contribution in [1.82, 2.24) is 10.6 Å². The first-order valence-electron chi connectivity index (χ1n) is 6.93. The number of carbonyl (C=O) groups is 1. The van der Waals surface area contributed by atoms with E-state index in [4.69, 9.17) is 0 Å². The molecule has 1 aliphatic carbocycles. The second-order valence-electron chi connectivity index (χ2n) is 5.95. The van der Waals surface area contributed by atoms with Gasteiger partial charge >= 0.3 is 6.18 Å². The molecule has 2 rings (SSSR count). The number of nitrogens with one attached hydrogen (secondary N) is 2. The van der Waals surface area contributed by atoms with E-state index in [9.17, 15) is 18.0 Å². The van der Waals surface area contributed by atoms with Crippen molar-refractivity contribution in [1.29, 1.82) is 0 Å². The Morgan fingerprint density at radius 2 is 2.11 bits per heavy atom. The van der Waals surface area contributed by atoms with Crippen molar-refractivity contribution in [2.24, 2.45) is 11.3 Å². The Balaban J connectivity index is 2.04. The van der Waals surface area contributed by atoms with E-state index in [-0.39, 0.29) is 25.6 Å². The van der Waals surface area contributed by atoms with Gasteiger partial charge in [0, 0.05) is 12.6 Å². The summed E-state index contributed by atoms with van der Waals surface area (Å²) in [6, 6.07) is -0.101. The maximum absolute atomic E-state index is 13.2. The number of hydrogen-bond donors (Lipinski definition) is 2. The summed E-state index contributed by atoms with van der Waals surface area (Å²) in [7, 11) is 0. The Labute approximate surface area is 111 Å². The van der Waals surface area contributed by atoms with Crippen LogP contribution in [0.5, 0.6) is 0 Å². The molecule has 2 N–H and O–H groups in total. The molecule has 6 heteroatoms. The summed E-state index contributed by atoms with van der Waals surface area (Å²) in [4.78, 5) is 12.1. The Morgan fingerprint density at radius 3 is 2.63 bits per heavy atom. The van der Waals surface area contributed by atoms with Crippen molar-refractivity contribution in [2.75, 3.05) is 13.1 Å². The third-order valence-corrected chi connectivity index (χ3v) is 4.40. The summed E-state index contributed by atoms with van der Waals surface area (Å²) in [5.74, 6) is -0.369. The van der Waals surface area contributed by atoms with Gasteiger partial charge < -0.3 is 10.6 Å². The van der Waals surface area contributed by atoms with Crippen molar-refractivity contribution in [3.63, 3.8) is 0 Å². The SMILES string of the molecule is CC1CCCC(NC(=O)C2(C(F)(F)F)CCNC2)C1. The Hall–Kier alpha value is -0.780. The van der Waals surface area contributed by atoms with Crippen molar-refractivity contribution in [3.05, 3.63) is 0 Å². The molecule has 2 aliphatic rings. The quantitative estimate of drug-likeness (QED) is 0.813. The van der Waals surface area contributed by atoms with Crippen LogP contribution in [0.15, 0.2) is 0 Å². The third-order valence-electron chi connectivity index (χ3n) is 4.40. The van der Waals surface area contributed by atoms with E-state index in [1.807, 2.05) is 0 Å². The van der Waals surface area contributed by atoms with E-state index < -0.39 is 17.5 Å². The van der Waals surface area contributed by atoms with Gasteiger partial charge in [0.1, 0.15) is 0 Å². The number of carbonyl (C=O) groups excluding carboxylic acids is 1. The van der Waals surface area contributed by atoms with Crippen molar-refractivity contribution in [2.45, 2.75) is 51.2 Å². The smallest absolute Gasteiger partial charge is 0.353 e. The minimum absolute atomic E-state index is 0.101. The highest BCUT2D eigenvalue weighted by molar-refractivity contribution is 5.84. The van der Waals surface area contributed by atoms with Crippen LogP contribution >= 0.6 is 0 Å². The fraction of sp³-hybridized carbons (Fsp3) is 0.923. The van der Waals surface area contributed by atoms with E-state index in [1.165, 1.54) is 0 Å². The molecule has 0 bridgehead atoms. The van der Waals surface area contributed by atoms with E-state index in [2.05, 4.69) is 17.6 Å². The second-order valence-corrected chi connectivity index (χ2v) is 5.95. The summed E-state index contributed by atoms with van der Waals surface area (Å²) in [5, 5.41) is 5.31. The second kappa shape index (κ2) is 5.31. The number of halogens is 3. The maximum Gasteiger partial charge on any atom is 0.404 e. The van der Waals surface area contributed by atoms with Gasteiger partial charge in [-0.25, -0.2) is 0 Å². The molecule has 1 heterocycles. The lowest BCUT2D eigenvalue weighted by atomic mass is 9.83. The zero-order valence-electron chi connectivity index (χ0n) is 11.1. The van der Waals surface area contributed by atoms with E-state index in [0.29, 0.717) is 5.92 Å². The van der Waals surface area contributed by atoms with Gasteiger partial charge in [-0.05, 0) is 31.7 Å². The molecule has 1 saturated carbocycles. The highest BCUT2D eigenvalue weighted by atomic mass is 19.4. The van der Waals surface area contributed by atoms with Gasteiger partial charge in [0.25, 0.3) is 0 Å². The lowest BCUT2D eigenvalue weighted by Crippen LogP contribution is -2.54. The standard InChI is InChI=1S/C13H21F3N2O/c1-9-3-2-4-10(7-9)18-11(19)12(13(14,15)16)5-6-17-8-12/h9-10,17H,2-8H2,1H3,(H,18,19). The molecule has 2 fully saturated rings. The summed E-state index contributed by atoms with van der Waals surface area (Å²) in [6.45, 7) is 2.02. The van der Waals surface area contributed by atoms with E-state index >= 15 is 0 Å². The molecule has 0 aromatic heterocycles. The first kappa shape index (κ1) is 14.6. The van der Waals surface area contributed by atoms with Crippen LogP contribution < -0.4 is 10.6 Å². The molecule has 0 radical (unpaired) electrons. The highest BCUT2D eigenvalue weighted by Gasteiger charge is 2.61. The monoisotopic (exact) mass is 278 g/mol. The maximum atomic E-state index is 13.2. The first-order chi connectivity index (χ1) is 8.85. The van der Waals surface area contributed by atoms with Gasteiger partial charge in [0.2, 0.25) is 5.91 Å². The lowest BCUT2D eigenvalue weighted by Gasteiger charge is -2.34. The predicted molar refractivity (Wildman–Crippen MR) is 65.5 cm³/mol. The Kier molecular flexibility index (Phi) is 4.08. The van der Waals surface area contributed by atoms with Crippen LogP contribution in [0, 0.1) is 11.3 Å². The number of amides is 1. The van der Waals surface area contributed by atoms with Crippen LogP contribution in [-0.2, 0) is 4.79 Å². The molecule has 3 atom stereocenters. The van der Waals surface area contributed by atoms with E-state index in [1.54, 1.807) is 0 Å². The fourth-order valence-corrected chi connectivity index (χ4v) is 3.15. The van der Waals surface area contributed by atoms with Crippen molar-refractivity contribution >= 4 is 5.91 Å². The highest BCUT2D eigenvalue weighted by Crippen LogP contribution is 2.43. The molecule has 19 heavy (non-hydrogen) atoms. The third kappa shape index (κ3) is 2.88. The molecule has 0 aromatic rings. The van der Waals surface area contributed by atoms with Gasteiger partial charge in [0.05, 0.1) is 0 Å². The van der Waals surface area contributed by atoms with Crippen LogP contribution in [-0.4, -0.2) is 31.2 Å². The van der Waals surface area contributed by atoms with Crippen molar-refractivity contribution < 1.29 is 18.0 Å².